The summed E-state index contributed by atoms with van der Waals surface area (Å²) in [6.07, 6.45) is 1.53. The maximum atomic E-state index is 12.2. The Morgan fingerprint density at radius 1 is 1.35 bits per heavy atom. The van der Waals surface area contributed by atoms with Crippen LogP contribution in [0.25, 0.3) is 0 Å². The van der Waals surface area contributed by atoms with Crippen LogP contribution in [0, 0.1) is 0 Å². The van der Waals surface area contributed by atoms with Crippen LogP contribution >= 0.6 is 0 Å². The lowest BCUT2D eigenvalue weighted by Gasteiger charge is -2.15. The van der Waals surface area contributed by atoms with Gasteiger partial charge in [-0.05, 0) is 18.9 Å². The normalized spacial score (nSPS) is 20.0. The van der Waals surface area contributed by atoms with Gasteiger partial charge in [0.15, 0.2) is 0 Å². The average Bonchev–Trinajstić information content (AvgIpc) is 3.13. The first kappa shape index (κ1) is 15.3. The smallest absolute Gasteiger partial charge is 0.327 e. The molecule has 3 rings (SSSR count). The first-order chi connectivity index (χ1) is 11.1. The predicted octanol–water partition coefficient (Wildman–Crippen LogP) is 0.738. The maximum Gasteiger partial charge on any atom is 0.327 e. The molecule has 0 aliphatic carbocycles. The van der Waals surface area contributed by atoms with E-state index in [9.17, 15) is 14.4 Å². The number of amides is 4. The Kier molecular flexibility index (Phi) is 4.18. The molecular weight excluding hydrogens is 298 g/mol. The number of nitrogens with zero attached hydrogens (tertiary/aromatic N) is 2. The highest BCUT2D eigenvalue weighted by molar-refractivity contribution is 6.06. The Morgan fingerprint density at radius 3 is 2.87 bits per heavy atom. The molecule has 7 heteroatoms. The van der Waals surface area contributed by atoms with Crippen LogP contribution in [0.2, 0.25) is 0 Å². The number of methoxy groups -OCH3 is 1. The Bertz CT molecular complexity index is 624. The van der Waals surface area contributed by atoms with E-state index in [2.05, 4.69) is 5.32 Å². The second-order valence-electron chi connectivity index (χ2n) is 5.65. The summed E-state index contributed by atoms with van der Waals surface area (Å²) in [5.41, 5.74) is 0.836. The van der Waals surface area contributed by atoms with Gasteiger partial charge in [0, 0.05) is 18.7 Å². The molecule has 0 saturated carbocycles. The maximum absolute atomic E-state index is 12.2. The van der Waals surface area contributed by atoms with Crippen LogP contribution in [0.5, 0.6) is 5.75 Å². The molecule has 2 fully saturated rings. The van der Waals surface area contributed by atoms with Gasteiger partial charge in [-0.1, -0.05) is 18.2 Å². The molecule has 2 saturated heterocycles. The van der Waals surface area contributed by atoms with Gasteiger partial charge in [-0.15, -0.1) is 0 Å². The minimum Gasteiger partial charge on any atom is -0.496 e. The summed E-state index contributed by atoms with van der Waals surface area (Å²) < 4.78 is 5.22. The molecule has 1 N–H and O–H groups in total. The second kappa shape index (κ2) is 6.28. The minimum absolute atomic E-state index is 0.236. The molecule has 7 nitrogen and oxygen atoms in total. The third-order valence-electron chi connectivity index (χ3n) is 4.25. The van der Waals surface area contributed by atoms with Crippen molar-refractivity contribution in [3.8, 4) is 5.75 Å². The van der Waals surface area contributed by atoms with Crippen LogP contribution in [-0.2, 0) is 16.1 Å². The number of rotatable bonds is 5. The number of fused-ring (bicyclic) bond motifs is 1. The van der Waals surface area contributed by atoms with Crippen molar-refractivity contribution >= 4 is 17.8 Å². The summed E-state index contributed by atoms with van der Waals surface area (Å²) in [6, 6.07) is 6.63. The van der Waals surface area contributed by atoms with Gasteiger partial charge >= 0.3 is 6.03 Å². The van der Waals surface area contributed by atoms with Crippen molar-refractivity contribution in [2.75, 3.05) is 20.2 Å². The van der Waals surface area contributed by atoms with Crippen molar-refractivity contribution in [1.82, 2.24) is 15.1 Å². The topological polar surface area (TPSA) is 79.0 Å². The van der Waals surface area contributed by atoms with Crippen molar-refractivity contribution in [3.63, 3.8) is 0 Å². The highest BCUT2D eigenvalue weighted by atomic mass is 16.5. The van der Waals surface area contributed by atoms with Crippen LogP contribution in [0.3, 0.4) is 0 Å². The van der Waals surface area contributed by atoms with E-state index in [1.165, 1.54) is 0 Å². The van der Waals surface area contributed by atoms with Gasteiger partial charge in [0.2, 0.25) is 5.91 Å². The van der Waals surface area contributed by atoms with Gasteiger partial charge in [0.25, 0.3) is 5.91 Å². The van der Waals surface area contributed by atoms with Crippen molar-refractivity contribution in [1.29, 1.82) is 0 Å². The number of imide groups is 1. The Labute approximate surface area is 134 Å². The average molecular weight is 317 g/mol. The number of carbonyl (C=O) groups excluding carboxylic acids is 3. The molecule has 0 spiro atoms. The number of hydrogen-bond donors (Lipinski definition) is 1. The summed E-state index contributed by atoms with van der Waals surface area (Å²) in [5, 5.41) is 2.72. The summed E-state index contributed by atoms with van der Waals surface area (Å²) in [7, 11) is 1.56. The molecule has 0 radical (unpaired) electrons. The largest absolute Gasteiger partial charge is 0.496 e. The molecule has 122 valence electrons. The molecule has 2 aliphatic heterocycles. The molecule has 0 aromatic heterocycles. The molecular formula is C16H19N3O4. The first-order valence-electron chi connectivity index (χ1n) is 7.62. The first-order valence-corrected chi connectivity index (χ1v) is 7.62. The number of para-hydroxylation sites is 1. The molecule has 1 atom stereocenters. The zero-order chi connectivity index (χ0) is 16.4. The van der Waals surface area contributed by atoms with Crippen LogP contribution in [0.4, 0.5) is 4.79 Å². The van der Waals surface area contributed by atoms with Gasteiger partial charge in [-0.25, -0.2) is 4.79 Å². The van der Waals surface area contributed by atoms with E-state index in [0.29, 0.717) is 18.7 Å². The second-order valence-corrected chi connectivity index (χ2v) is 5.65. The molecule has 0 bridgehead atoms. The standard InChI is InChI=1S/C16H19N3O4/c1-23-13-7-3-2-5-11(13)9-17-14(20)10-19-15(21)12-6-4-8-18(12)16(19)22/h2-3,5,7,12H,4,6,8-10H2,1H3,(H,17,20). The van der Waals surface area contributed by atoms with E-state index in [4.69, 9.17) is 4.74 Å². The third kappa shape index (κ3) is 2.86. The van der Waals surface area contributed by atoms with Gasteiger partial charge in [0.05, 0.1) is 7.11 Å². The number of hydrogen-bond acceptors (Lipinski definition) is 4. The van der Waals surface area contributed by atoms with Crippen molar-refractivity contribution in [3.05, 3.63) is 29.8 Å². The van der Waals surface area contributed by atoms with Gasteiger partial charge < -0.3 is 15.0 Å². The van der Waals surface area contributed by atoms with Gasteiger partial charge in [0.1, 0.15) is 18.3 Å². The number of benzene rings is 1. The lowest BCUT2D eigenvalue weighted by atomic mass is 10.2. The number of ether oxygens (including phenoxy) is 1. The molecule has 23 heavy (non-hydrogen) atoms. The summed E-state index contributed by atoms with van der Waals surface area (Å²) >= 11 is 0. The zero-order valence-electron chi connectivity index (χ0n) is 12.9. The predicted molar refractivity (Wildman–Crippen MR) is 81.7 cm³/mol. The summed E-state index contributed by atoms with van der Waals surface area (Å²) in [4.78, 5) is 39.0. The fourth-order valence-electron chi connectivity index (χ4n) is 3.07. The van der Waals surface area contributed by atoms with Crippen LogP contribution < -0.4 is 10.1 Å². The molecule has 2 heterocycles. The number of carbonyl (C=O) groups is 3. The Morgan fingerprint density at radius 2 is 2.13 bits per heavy atom. The lowest BCUT2D eigenvalue weighted by Crippen LogP contribution is -2.41. The van der Waals surface area contributed by atoms with Crippen LogP contribution in [0.1, 0.15) is 18.4 Å². The SMILES string of the molecule is COc1ccccc1CNC(=O)CN1C(=O)C2CCCN2C1=O. The number of urea groups is 1. The van der Waals surface area contributed by atoms with Crippen molar-refractivity contribution in [2.24, 2.45) is 0 Å². The highest BCUT2D eigenvalue weighted by Gasteiger charge is 2.47. The molecule has 2 aliphatic rings. The Hall–Kier alpha value is -2.57. The monoisotopic (exact) mass is 317 g/mol. The van der Waals surface area contributed by atoms with Crippen LogP contribution in [-0.4, -0.2) is 53.9 Å². The number of nitrogens with one attached hydrogen (secondary N) is 1. The zero-order valence-corrected chi connectivity index (χ0v) is 12.9. The highest BCUT2D eigenvalue weighted by Crippen LogP contribution is 2.27. The molecule has 1 aromatic carbocycles. The van der Waals surface area contributed by atoms with E-state index in [-0.39, 0.29) is 37.0 Å². The van der Waals surface area contributed by atoms with E-state index >= 15 is 0 Å². The van der Waals surface area contributed by atoms with E-state index < -0.39 is 0 Å². The van der Waals surface area contributed by atoms with Crippen molar-refractivity contribution < 1.29 is 19.1 Å². The fraction of sp³-hybridized carbons (Fsp3) is 0.438. The quantitative estimate of drug-likeness (QED) is 0.812. The van der Waals surface area contributed by atoms with E-state index in [1.807, 2.05) is 24.3 Å². The Balaban J connectivity index is 1.58. The fourth-order valence-corrected chi connectivity index (χ4v) is 3.07. The van der Waals surface area contributed by atoms with E-state index in [1.54, 1.807) is 12.0 Å². The van der Waals surface area contributed by atoms with Gasteiger partial charge in [-0.2, -0.15) is 0 Å². The van der Waals surface area contributed by atoms with Gasteiger partial charge in [-0.3, -0.25) is 14.5 Å². The third-order valence-corrected chi connectivity index (χ3v) is 4.25. The summed E-state index contributed by atoms with van der Waals surface area (Å²) in [5.74, 6) is 0.0560. The molecule has 4 amide bonds. The van der Waals surface area contributed by atoms with Crippen molar-refractivity contribution in [2.45, 2.75) is 25.4 Å². The minimum atomic E-state index is -0.371. The van der Waals surface area contributed by atoms with Crippen LogP contribution in [0.15, 0.2) is 24.3 Å². The molecule has 1 aromatic rings. The summed E-state index contributed by atoms with van der Waals surface area (Å²) in [6.45, 7) is 0.639. The van der Waals surface area contributed by atoms with E-state index in [0.717, 1.165) is 16.9 Å². The molecule has 1 unspecified atom stereocenters. The lowest BCUT2D eigenvalue weighted by molar-refractivity contribution is -0.132.